The smallest absolute Gasteiger partial charge is 0.384 e. The molecule has 0 atom stereocenters. The molecular weight excluding hydrogens is 337 g/mol. The zero-order valence-electron chi connectivity index (χ0n) is 10.7. The molecule has 0 aliphatic carbocycles. The fourth-order valence-corrected chi connectivity index (χ4v) is 2.15. The Kier molecular flexibility index (Phi) is 3.68. The third-order valence-corrected chi connectivity index (χ3v) is 3.13. The van der Waals surface area contributed by atoms with Crippen molar-refractivity contribution in [1.82, 2.24) is 9.78 Å². The summed E-state index contributed by atoms with van der Waals surface area (Å²) in [6.45, 7) is 3.16. The van der Waals surface area contributed by atoms with E-state index in [2.05, 4.69) is 21.0 Å². The van der Waals surface area contributed by atoms with Gasteiger partial charge in [0.15, 0.2) is 0 Å². The number of aliphatic hydroxyl groups is 1. The van der Waals surface area contributed by atoms with Gasteiger partial charge in [-0.25, -0.2) is 4.68 Å². The molecule has 2 aromatic rings. The lowest BCUT2D eigenvalue weighted by atomic mass is 10.1. The van der Waals surface area contributed by atoms with Gasteiger partial charge in [0.25, 0.3) is 0 Å². The van der Waals surface area contributed by atoms with Gasteiger partial charge >= 0.3 is 6.18 Å². The van der Waals surface area contributed by atoms with Crippen molar-refractivity contribution in [3.8, 4) is 5.69 Å². The van der Waals surface area contributed by atoms with Gasteiger partial charge in [0.2, 0.25) is 0 Å². The summed E-state index contributed by atoms with van der Waals surface area (Å²) >= 11 is 3.20. The van der Waals surface area contributed by atoms with Gasteiger partial charge in [-0.05, 0) is 60.1 Å². The molecule has 2 rings (SSSR count). The van der Waals surface area contributed by atoms with Gasteiger partial charge < -0.3 is 5.11 Å². The predicted octanol–water partition coefficient (Wildman–Crippen LogP) is 3.88. The summed E-state index contributed by atoms with van der Waals surface area (Å²) in [4.78, 5) is 0. The van der Waals surface area contributed by atoms with E-state index in [1.165, 1.54) is 16.8 Å². The summed E-state index contributed by atoms with van der Waals surface area (Å²) in [5, 5.41) is 14.2. The van der Waals surface area contributed by atoms with Gasteiger partial charge in [0.1, 0.15) is 10.2 Å². The van der Waals surface area contributed by atoms with Crippen molar-refractivity contribution in [2.75, 3.05) is 0 Å². The fourth-order valence-electron chi connectivity index (χ4n) is 1.78. The highest BCUT2D eigenvalue weighted by molar-refractivity contribution is 9.10. The average Bonchev–Trinajstić information content (AvgIpc) is 2.70. The highest BCUT2D eigenvalue weighted by Gasteiger charge is 2.30. The molecule has 0 amide bonds. The van der Waals surface area contributed by atoms with Gasteiger partial charge in [0.05, 0.1) is 16.9 Å². The van der Waals surface area contributed by atoms with Crippen LogP contribution in [0, 0.1) is 0 Å². The van der Waals surface area contributed by atoms with E-state index in [4.69, 9.17) is 0 Å². The first kappa shape index (κ1) is 15.1. The van der Waals surface area contributed by atoms with Crippen molar-refractivity contribution in [3.63, 3.8) is 0 Å². The van der Waals surface area contributed by atoms with Crippen molar-refractivity contribution in [2.45, 2.75) is 25.6 Å². The summed E-state index contributed by atoms with van der Waals surface area (Å²) < 4.78 is 39.5. The van der Waals surface area contributed by atoms with Crippen LogP contribution in [0.3, 0.4) is 0 Å². The molecule has 0 saturated carbocycles. The number of alkyl halides is 3. The summed E-state index contributed by atoms with van der Waals surface area (Å²) in [6, 6.07) is 6.23. The topological polar surface area (TPSA) is 38.1 Å². The third-order valence-electron chi connectivity index (χ3n) is 2.75. The molecule has 0 saturated heterocycles. The predicted molar refractivity (Wildman–Crippen MR) is 71.5 cm³/mol. The minimum Gasteiger partial charge on any atom is -0.384 e. The number of nitrogens with zero attached hydrogens (tertiary/aromatic N) is 2. The van der Waals surface area contributed by atoms with Crippen LogP contribution in [-0.2, 0) is 11.8 Å². The molecule has 0 spiro atoms. The van der Waals surface area contributed by atoms with Crippen molar-refractivity contribution in [2.24, 2.45) is 0 Å². The first-order valence-electron chi connectivity index (χ1n) is 5.75. The highest BCUT2D eigenvalue weighted by Crippen LogP contribution is 2.31. The molecule has 1 N–H and O–H groups in total. The quantitative estimate of drug-likeness (QED) is 0.894. The van der Waals surface area contributed by atoms with Crippen LogP contribution < -0.4 is 0 Å². The van der Waals surface area contributed by atoms with Crippen LogP contribution in [0.15, 0.2) is 34.9 Å². The van der Waals surface area contributed by atoms with Crippen molar-refractivity contribution in [1.29, 1.82) is 0 Å². The fraction of sp³-hybridized carbons (Fsp3) is 0.308. The second kappa shape index (κ2) is 4.89. The first-order chi connectivity index (χ1) is 9.09. The molecule has 1 aromatic carbocycles. The maximum atomic E-state index is 12.5. The van der Waals surface area contributed by atoms with Crippen molar-refractivity contribution >= 4 is 15.9 Å². The van der Waals surface area contributed by atoms with Gasteiger partial charge in [-0.2, -0.15) is 18.3 Å². The number of aromatic nitrogens is 2. The highest BCUT2D eigenvalue weighted by atomic mass is 79.9. The molecule has 7 heteroatoms. The molecule has 0 radical (unpaired) electrons. The molecular formula is C13H12BrF3N2O. The Labute approximate surface area is 122 Å². The Morgan fingerprint density at radius 2 is 1.70 bits per heavy atom. The third kappa shape index (κ3) is 3.04. The Bertz CT molecular complexity index is 612. The molecule has 1 aromatic heterocycles. The maximum absolute atomic E-state index is 12.5. The molecule has 0 fully saturated rings. The second-order valence-corrected chi connectivity index (χ2v) is 5.68. The van der Waals surface area contributed by atoms with Crippen molar-refractivity contribution < 1.29 is 18.3 Å². The van der Waals surface area contributed by atoms with E-state index in [-0.39, 0.29) is 0 Å². The zero-order chi connectivity index (χ0) is 15.1. The van der Waals surface area contributed by atoms with E-state index in [1.807, 2.05) is 0 Å². The van der Waals surface area contributed by atoms with Gasteiger partial charge in [0, 0.05) is 0 Å². The largest absolute Gasteiger partial charge is 0.416 e. The molecule has 3 nitrogen and oxygen atoms in total. The lowest BCUT2D eigenvalue weighted by molar-refractivity contribution is -0.137. The molecule has 0 unspecified atom stereocenters. The van der Waals surface area contributed by atoms with E-state index in [9.17, 15) is 18.3 Å². The van der Waals surface area contributed by atoms with Crippen LogP contribution >= 0.6 is 15.9 Å². The monoisotopic (exact) mass is 348 g/mol. The Morgan fingerprint density at radius 1 is 1.15 bits per heavy atom. The van der Waals surface area contributed by atoms with Crippen LogP contribution in [-0.4, -0.2) is 14.9 Å². The first-order valence-corrected chi connectivity index (χ1v) is 6.54. The molecule has 1 heterocycles. The molecule has 20 heavy (non-hydrogen) atoms. The summed E-state index contributed by atoms with van der Waals surface area (Å²) in [7, 11) is 0. The van der Waals surface area contributed by atoms with Crippen LogP contribution in [0.25, 0.3) is 5.69 Å². The lowest BCUT2D eigenvalue weighted by Crippen LogP contribution is -2.20. The minimum atomic E-state index is -4.37. The van der Waals surface area contributed by atoms with E-state index in [0.717, 1.165) is 12.1 Å². The van der Waals surface area contributed by atoms with Crippen LogP contribution in [0.4, 0.5) is 13.2 Å². The normalized spacial score (nSPS) is 12.8. The van der Waals surface area contributed by atoms with E-state index < -0.39 is 17.3 Å². The van der Waals surface area contributed by atoms with Crippen LogP contribution in [0.5, 0.6) is 0 Å². The lowest BCUT2D eigenvalue weighted by Gasteiger charge is -2.19. The summed E-state index contributed by atoms with van der Waals surface area (Å²) in [5.41, 5.74) is -0.968. The average molecular weight is 349 g/mol. The number of benzene rings is 1. The second-order valence-electron chi connectivity index (χ2n) is 4.87. The maximum Gasteiger partial charge on any atom is 0.416 e. The van der Waals surface area contributed by atoms with E-state index >= 15 is 0 Å². The van der Waals surface area contributed by atoms with Crippen LogP contribution in [0.1, 0.15) is 25.1 Å². The van der Waals surface area contributed by atoms with Gasteiger partial charge in [-0.15, -0.1) is 0 Å². The van der Waals surface area contributed by atoms with Gasteiger partial charge in [-0.1, -0.05) is 0 Å². The van der Waals surface area contributed by atoms with Gasteiger partial charge in [-0.3, -0.25) is 0 Å². The van der Waals surface area contributed by atoms with E-state index in [1.54, 1.807) is 19.9 Å². The zero-order valence-corrected chi connectivity index (χ0v) is 12.3. The van der Waals surface area contributed by atoms with Crippen molar-refractivity contribution in [3.05, 3.63) is 46.2 Å². The SMILES string of the molecule is CC(C)(O)c1cc(Br)nn1-c1ccc(C(F)(F)F)cc1. The molecule has 0 bridgehead atoms. The summed E-state index contributed by atoms with van der Waals surface area (Å²) in [6.07, 6.45) is -4.37. The minimum absolute atomic E-state index is 0.445. The van der Waals surface area contributed by atoms with E-state index in [0.29, 0.717) is 16.0 Å². The van der Waals surface area contributed by atoms with Crippen LogP contribution in [0.2, 0.25) is 0 Å². The number of hydrogen-bond donors (Lipinski definition) is 1. The number of hydrogen-bond acceptors (Lipinski definition) is 2. The Hall–Kier alpha value is -1.34. The Morgan fingerprint density at radius 3 is 2.15 bits per heavy atom. The molecule has 0 aliphatic heterocycles. The number of halogens is 4. The number of rotatable bonds is 2. The molecule has 108 valence electrons. The Balaban J connectivity index is 2.48. The standard InChI is InChI=1S/C13H12BrF3N2O/c1-12(2,20)10-7-11(14)18-19(10)9-5-3-8(4-6-9)13(15,16)17/h3-7,20H,1-2H3. The molecule has 0 aliphatic rings. The summed E-state index contributed by atoms with van der Waals surface area (Å²) in [5.74, 6) is 0.